The quantitative estimate of drug-likeness (QED) is 0.550. The fourth-order valence-electron chi connectivity index (χ4n) is 2.66. The third kappa shape index (κ3) is 3.85. The Balaban J connectivity index is 1.72. The third-order valence-electron chi connectivity index (χ3n) is 3.71. The van der Waals surface area contributed by atoms with Gasteiger partial charge in [-0.1, -0.05) is 25.1 Å². The highest BCUT2D eigenvalue weighted by atomic mass is 16.3. The summed E-state index contributed by atoms with van der Waals surface area (Å²) in [7, 11) is 0. The van der Waals surface area contributed by atoms with Crippen LogP contribution in [0.1, 0.15) is 29.6 Å². The predicted octanol–water partition coefficient (Wildman–Crippen LogP) is 3.56. The van der Waals surface area contributed by atoms with Crippen molar-refractivity contribution in [3.05, 3.63) is 59.1 Å². The molecule has 6 heteroatoms. The van der Waals surface area contributed by atoms with Crippen LogP contribution in [0, 0.1) is 13.8 Å². The summed E-state index contributed by atoms with van der Waals surface area (Å²) in [4.78, 5) is 20.5. The molecule has 2 aromatic heterocycles. The Morgan fingerprint density at radius 2 is 1.92 bits per heavy atom. The number of hydrazine groups is 1. The molecule has 0 fully saturated rings. The zero-order valence-electron chi connectivity index (χ0n) is 14.5. The summed E-state index contributed by atoms with van der Waals surface area (Å²) in [5.41, 5.74) is 8.70. The first-order valence-electron chi connectivity index (χ1n) is 8.13. The fraction of sp³-hybridized carbons (Fsp3) is 0.211. The van der Waals surface area contributed by atoms with E-state index >= 15 is 0 Å². The number of hydrogen-bond donors (Lipinski definition) is 2. The predicted molar refractivity (Wildman–Crippen MR) is 97.9 cm³/mol. The van der Waals surface area contributed by atoms with E-state index in [-0.39, 0.29) is 5.91 Å². The molecule has 0 saturated carbocycles. The van der Waals surface area contributed by atoms with E-state index in [4.69, 9.17) is 4.42 Å². The summed E-state index contributed by atoms with van der Waals surface area (Å²) in [6, 6.07) is 9.65. The number of aryl methyl sites for hydroxylation is 3. The number of amides is 1. The molecule has 0 unspecified atom stereocenters. The average Bonchev–Trinajstić information content (AvgIpc) is 2.95. The Hall–Kier alpha value is -3.15. The van der Waals surface area contributed by atoms with Gasteiger partial charge >= 0.3 is 0 Å². The molecule has 3 rings (SSSR count). The Morgan fingerprint density at radius 3 is 2.64 bits per heavy atom. The number of carbonyl (C=O) groups excluding carboxylic acids is 1. The number of carbonyl (C=O) groups is 1. The summed E-state index contributed by atoms with van der Waals surface area (Å²) in [5, 5.41) is 0.994. The zero-order chi connectivity index (χ0) is 17.8. The van der Waals surface area contributed by atoms with Gasteiger partial charge in [0.15, 0.2) is 0 Å². The Bertz CT molecular complexity index is 923. The standard InChI is InChI=1S/C19H20N4O2/c1-4-16-15(14-7-5-6-8-17(14)25-16)9-10-18(24)22-23-19-20-12(2)11-13(3)21-19/h5-11H,4H2,1-3H3,(H,22,24)(H,20,21,23). The molecule has 1 aromatic carbocycles. The van der Waals surface area contributed by atoms with E-state index in [9.17, 15) is 4.79 Å². The number of anilines is 1. The molecule has 25 heavy (non-hydrogen) atoms. The SMILES string of the molecule is CCc1oc2ccccc2c1C=CC(=O)NNc1nc(C)cc(C)n1. The van der Waals surface area contributed by atoms with Crippen LogP contribution in [-0.4, -0.2) is 15.9 Å². The maximum atomic E-state index is 12.1. The monoisotopic (exact) mass is 336 g/mol. The molecule has 0 bridgehead atoms. The second-order valence-corrected chi connectivity index (χ2v) is 5.71. The van der Waals surface area contributed by atoms with Gasteiger partial charge in [0.05, 0.1) is 0 Å². The number of nitrogens with zero attached hydrogens (tertiary/aromatic N) is 2. The van der Waals surface area contributed by atoms with E-state index in [1.54, 1.807) is 6.08 Å². The molecule has 6 nitrogen and oxygen atoms in total. The van der Waals surface area contributed by atoms with Gasteiger partial charge in [-0.3, -0.25) is 15.6 Å². The lowest BCUT2D eigenvalue weighted by molar-refractivity contribution is -0.116. The van der Waals surface area contributed by atoms with Crippen LogP contribution in [-0.2, 0) is 11.2 Å². The fourth-order valence-corrected chi connectivity index (χ4v) is 2.66. The molecule has 0 aliphatic carbocycles. The van der Waals surface area contributed by atoms with E-state index < -0.39 is 0 Å². The number of furan rings is 1. The van der Waals surface area contributed by atoms with Crippen LogP contribution in [0.4, 0.5) is 5.95 Å². The number of nitrogens with one attached hydrogen (secondary N) is 2. The van der Waals surface area contributed by atoms with Gasteiger partial charge < -0.3 is 4.42 Å². The minimum Gasteiger partial charge on any atom is -0.460 e. The van der Waals surface area contributed by atoms with Crippen molar-refractivity contribution in [2.75, 3.05) is 5.43 Å². The molecule has 2 N–H and O–H groups in total. The second-order valence-electron chi connectivity index (χ2n) is 5.71. The van der Waals surface area contributed by atoms with Crippen LogP contribution in [0.3, 0.4) is 0 Å². The van der Waals surface area contributed by atoms with E-state index in [0.29, 0.717) is 5.95 Å². The maximum absolute atomic E-state index is 12.1. The smallest absolute Gasteiger partial charge is 0.262 e. The molecule has 0 spiro atoms. The maximum Gasteiger partial charge on any atom is 0.262 e. The summed E-state index contributed by atoms with van der Waals surface area (Å²) in [6.07, 6.45) is 3.99. The number of fused-ring (bicyclic) bond motifs is 1. The van der Waals surface area contributed by atoms with Gasteiger partial charge in [0.25, 0.3) is 5.91 Å². The zero-order valence-corrected chi connectivity index (χ0v) is 14.5. The Kier molecular flexibility index (Phi) is 4.79. The van der Waals surface area contributed by atoms with Crippen molar-refractivity contribution < 1.29 is 9.21 Å². The van der Waals surface area contributed by atoms with Crippen molar-refractivity contribution in [1.29, 1.82) is 0 Å². The first kappa shape index (κ1) is 16.7. The highest BCUT2D eigenvalue weighted by molar-refractivity contribution is 5.96. The highest BCUT2D eigenvalue weighted by Gasteiger charge is 2.10. The summed E-state index contributed by atoms with van der Waals surface area (Å²) < 4.78 is 5.82. The largest absolute Gasteiger partial charge is 0.460 e. The van der Waals surface area contributed by atoms with Crippen molar-refractivity contribution >= 4 is 28.9 Å². The van der Waals surface area contributed by atoms with E-state index in [2.05, 4.69) is 20.8 Å². The van der Waals surface area contributed by atoms with E-state index in [1.165, 1.54) is 6.08 Å². The molecule has 0 atom stereocenters. The highest BCUT2D eigenvalue weighted by Crippen LogP contribution is 2.27. The minimum absolute atomic E-state index is 0.296. The van der Waals surface area contributed by atoms with Gasteiger partial charge in [-0.2, -0.15) is 0 Å². The number of para-hydroxylation sites is 1. The van der Waals surface area contributed by atoms with Crippen molar-refractivity contribution in [3.63, 3.8) is 0 Å². The van der Waals surface area contributed by atoms with Crippen LogP contribution < -0.4 is 10.9 Å². The molecule has 0 radical (unpaired) electrons. The van der Waals surface area contributed by atoms with Crippen molar-refractivity contribution in [2.24, 2.45) is 0 Å². The molecule has 128 valence electrons. The molecule has 1 amide bonds. The summed E-state index contributed by atoms with van der Waals surface area (Å²) in [5.74, 6) is 0.924. The third-order valence-corrected chi connectivity index (χ3v) is 3.71. The molecule has 0 aliphatic heterocycles. The number of hydrogen-bond acceptors (Lipinski definition) is 5. The second kappa shape index (κ2) is 7.17. The van der Waals surface area contributed by atoms with Crippen LogP contribution in [0.2, 0.25) is 0 Å². The first-order chi connectivity index (χ1) is 12.1. The van der Waals surface area contributed by atoms with E-state index in [0.717, 1.165) is 40.1 Å². The molecule has 0 saturated heterocycles. The van der Waals surface area contributed by atoms with Gasteiger partial charge in [-0.05, 0) is 32.1 Å². The van der Waals surface area contributed by atoms with Gasteiger partial charge in [0.2, 0.25) is 5.95 Å². The van der Waals surface area contributed by atoms with Crippen LogP contribution in [0.5, 0.6) is 0 Å². The van der Waals surface area contributed by atoms with E-state index in [1.807, 2.05) is 51.1 Å². The average molecular weight is 336 g/mol. The number of benzene rings is 1. The summed E-state index contributed by atoms with van der Waals surface area (Å²) >= 11 is 0. The van der Waals surface area contributed by atoms with Gasteiger partial charge in [0, 0.05) is 34.8 Å². The first-order valence-corrected chi connectivity index (χ1v) is 8.13. The Labute approximate surface area is 146 Å². The Morgan fingerprint density at radius 1 is 1.20 bits per heavy atom. The normalized spacial score (nSPS) is 11.2. The topological polar surface area (TPSA) is 80.0 Å². The molecule has 2 heterocycles. The van der Waals surface area contributed by atoms with Gasteiger partial charge in [-0.25, -0.2) is 9.97 Å². The van der Waals surface area contributed by atoms with Crippen molar-refractivity contribution in [2.45, 2.75) is 27.2 Å². The van der Waals surface area contributed by atoms with Crippen LogP contribution in [0.15, 0.2) is 40.8 Å². The minimum atomic E-state index is -0.296. The lowest BCUT2D eigenvalue weighted by Crippen LogP contribution is -2.28. The van der Waals surface area contributed by atoms with Crippen LogP contribution >= 0.6 is 0 Å². The molecule has 3 aromatic rings. The van der Waals surface area contributed by atoms with Crippen molar-refractivity contribution in [3.8, 4) is 0 Å². The van der Waals surface area contributed by atoms with Gasteiger partial charge in [0.1, 0.15) is 11.3 Å². The molecular weight excluding hydrogens is 316 g/mol. The summed E-state index contributed by atoms with van der Waals surface area (Å²) in [6.45, 7) is 5.77. The lowest BCUT2D eigenvalue weighted by Gasteiger charge is -2.06. The number of rotatable bonds is 5. The molecule has 0 aliphatic rings. The van der Waals surface area contributed by atoms with Crippen molar-refractivity contribution in [1.82, 2.24) is 15.4 Å². The van der Waals surface area contributed by atoms with Crippen LogP contribution in [0.25, 0.3) is 17.0 Å². The van der Waals surface area contributed by atoms with Gasteiger partial charge in [-0.15, -0.1) is 0 Å². The molecular formula is C19H20N4O2. The lowest BCUT2D eigenvalue weighted by atomic mass is 10.1. The number of aromatic nitrogens is 2.